The van der Waals surface area contributed by atoms with Crippen LogP contribution < -0.4 is 10.6 Å². The zero-order valence-electron chi connectivity index (χ0n) is 17.3. The molecule has 6 heteroatoms. The van der Waals surface area contributed by atoms with Crippen LogP contribution in [-0.2, 0) is 13.1 Å². The van der Waals surface area contributed by atoms with Crippen LogP contribution in [0.2, 0.25) is 0 Å². The summed E-state index contributed by atoms with van der Waals surface area (Å²) in [5.41, 5.74) is 2.49. The Labute approximate surface area is 169 Å². The normalized spacial score (nSPS) is 18.2. The van der Waals surface area contributed by atoms with E-state index in [4.69, 9.17) is 4.99 Å². The van der Waals surface area contributed by atoms with Crippen molar-refractivity contribution in [3.8, 4) is 0 Å². The van der Waals surface area contributed by atoms with E-state index in [0.717, 1.165) is 38.1 Å². The summed E-state index contributed by atoms with van der Waals surface area (Å²) in [5, 5.41) is 11.2. The van der Waals surface area contributed by atoms with Crippen molar-refractivity contribution in [2.45, 2.75) is 39.8 Å². The van der Waals surface area contributed by atoms with Gasteiger partial charge in [-0.05, 0) is 49.4 Å². The maximum absolute atomic E-state index is 4.82. The number of rotatable bonds is 8. The van der Waals surface area contributed by atoms with E-state index in [1.165, 1.54) is 37.1 Å². The molecule has 28 heavy (non-hydrogen) atoms. The number of hydrogen-bond donors (Lipinski definition) is 2. The Hall–Kier alpha value is -2.34. The molecule has 0 bridgehead atoms. The lowest BCUT2D eigenvalue weighted by molar-refractivity contribution is 0.187. The summed E-state index contributed by atoms with van der Waals surface area (Å²) >= 11 is 0. The minimum atomic E-state index is 0.660. The molecule has 0 spiro atoms. The Bertz CT molecular complexity index is 724. The number of nitrogens with zero attached hydrogens (tertiary/aromatic N) is 4. The van der Waals surface area contributed by atoms with Crippen molar-refractivity contribution in [1.29, 1.82) is 0 Å². The molecule has 3 rings (SSSR count). The molecule has 0 amide bonds. The second kappa shape index (κ2) is 10.9. The van der Waals surface area contributed by atoms with E-state index in [1.54, 1.807) is 0 Å². The molecule has 0 saturated carbocycles. The standard InChI is InChI=1S/C22H34N6/c1-3-23-22(24-12-15-27-13-6-8-19(2)17-27)25-16-20-9-4-5-10-21(20)18-28-14-7-11-26-28/h4-5,7,9-11,14,19H,3,6,8,12-13,15-18H2,1-2H3,(H2,23,24,25). The second-order valence-corrected chi connectivity index (χ2v) is 7.64. The summed E-state index contributed by atoms with van der Waals surface area (Å²) in [5.74, 6) is 1.71. The molecule has 1 aromatic heterocycles. The van der Waals surface area contributed by atoms with Crippen LogP contribution >= 0.6 is 0 Å². The molecular formula is C22H34N6. The highest BCUT2D eigenvalue weighted by Crippen LogP contribution is 2.14. The van der Waals surface area contributed by atoms with Gasteiger partial charge in [0.1, 0.15) is 0 Å². The minimum Gasteiger partial charge on any atom is -0.357 e. The van der Waals surface area contributed by atoms with Gasteiger partial charge >= 0.3 is 0 Å². The summed E-state index contributed by atoms with van der Waals surface area (Å²) in [7, 11) is 0. The molecule has 0 aliphatic carbocycles. The van der Waals surface area contributed by atoms with Gasteiger partial charge in [0.05, 0.1) is 13.1 Å². The highest BCUT2D eigenvalue weighted by atomic mass is 15.3. The van der Waals surface area contributed by atoms with Crippen molar-refractivity contribution in [3.05, 3.63) is 53.9 Å². The number of guanidine groups is 1. The first-order chi connectivity index (χ1) is 13.7. The fraction of sp³-hybridized carbons (Fsp3) is 0.545. The van der Waals surface area contributed by atoms with E-state index in [-0.39, 0.29) is 0 Å². The molecule has 1 saturated heterocycles. The number of piperidine rings is 1. The van der Waals surface area contributed by atoms with Crippen molar-refractivity contribution >= 4 is 5.96 Å². The van der Waals surface area contributed by atoms with Crippen LogP contribution in [0.25, 0.3) is 0 Å². The number of aliphatic imine (C=N–C) groups is 1. The Morgan fingerprint density at radius 2 is 2.07 bits per heavy atom. The molecular weight excluding hydrogens is 348 g/mol. The molecule has 2 heterocycles. The summed E-state index contributed by atoms with van der Waals surface area (Å²) in [4.78, 5) is 7.38. The average molecular weight is 383 g/mol. The van der Waals surface area contributed by atoms with Gasteiger partial charge in [-0.2, -0.15) is 5.10 Å². The van der Waals surface area contributed by atoms with Crippen molar-refractivity contribution in [1.82, 2.24) is 25.3 Å². The number of hydrogen-bond acceptors (Lipinski definition) is 3. The number of likely N-dealkylation sites (tertiary alicyclic amines) is 1. The zero-order valence-corrected chi connectivity index (χ0v) is 17.3. The monoisotopic (exact) mass is 382 g/mol. The van der Waals surface area contributed by atoms with Crippen LogP contribution in [0.4, 0.5) is 0 Å². The van der Waals surface area contributed by atoms with Gasteiger partial charge in [-0.15, -0.1) is 0 Å². The summed E-state index contributed by atoms with van der Waals surface area (Å²) < 4.78 is 1.95. The van der Waals surface area contributed by atoms with Crippen molar-refractivity contribution in [2.24, 2.45) is 10.9 Å². The van der Waals surface area contributed by atoms with Crippen LogP contribution in [0.3, 0.4) is 0 Å². The second-order valence-electron chi connectivity index (χ2n) is 7.64. The smallest absolute Gasteiger partial charge is 0.191 e. The Morgan fingerprint density at radius 1 is 1.21 bits per heavy atom. The molecule has 1 unspecified atom stereocenters. The predicted molar refractivity (Wildman–Crippen MR) is 115 cm³/mol. The molecule has 2 aromatic rings. The van der Waals surface area contributed by atoms with E-state index < -0.39 is 0 Å². The number of aromatic nitrogens is 2. The highest BCUT2D eigenvalue weighted by Gasteiger charge is 2.15. The predicted octanol–water partition coefficient (Wildman–Crippen LogP) is 2.72. The maximum Gasteiger partial charge on any atom is 0.191 e. The van der Waals surface area contributed by atoms with E-state index in [9.17, 15) is 0 Å². The van der Waals surface area contributed by atoms with Gasteiger partial charge in [0.2, 0.25) is 0 Å². The lowest BCUT2D eigenvalue weighted by Crippen LogP contribution is -2.43. The van der Waals surface area contributed by atoms with Gasteiger partial charge in [0, 0.05) is 38.6 Å². The van der Waals surface area contributed by atoms with Crippen LogP contribution in [-0.4, -0.2) is 53.4 Å². The van der Waals surface area contributed by atoms with Gasteiger partial charge in [-0.25, -0.2) is 4.99 Å². The fourth-order valence-corrected chi connectivity index (χ4v) is 3.76. The van der Waals surface area contributed by atoms with Crippen LogP contribution in [0.1, 0.15) is 37.8 Å². The summed E-state index contributed by atoms with van der Waals surface area (Å²) in [6.45, 7) is 11.2. The first-order valence-corrected chi connectivity index (χ1v) is 10.5. The quantitative estimate of drug-likeness (QED) is 0.544. The average Bonchev–Trinajstić information content (AvgIpc) is 3.20. The van der Waals surface area contributed by atoms with E-state index in [1.807, 2.05) is 23.1 Å². The molecule has 1 aromatic carbocycles. The SMILES string of the molecule is CCNC(=NCc1ccccc1Cn1cccn1)NCCN1CCCC(C)C1. The topological polar surface area (TPSA) is 57.5 Å². The molecule has 6 nitrogen and oxygen atoms in total. The van der Waals surface area contributed by atoms with Gasteiger partial charge in [0.25, 0.3) is 0 Å². The Kier molecular flexibility index (Phi) is 7.91. The number of benzene rings is 1. The highest BCUT2D eigenvalue weighted by molar-refractivity contribution is 5.79. The molecule has 152 valence electrons. The van der Waals surface area contributed by atoms with Crippen molar-refractivity contribution in [3.63, 3.8) is 0 Å². The van der Waals surface area contributed by atoms with Gasteiger partial charge in [-0.3, -0.25) is 4.68 Å². The zero-order chi connectivity index (χ0) is 19.6. The first-order valence-electron chi connectivity index (χ1n) is 10.5. The Balaban J connectivity index is 1.55. The van der Waals surface area contributed by atoms with E-state index in [2.05, 4.69) is 58.7 Å². The van der Waals surface area contributed by atoms with Crippen LogP contribution in [0, 0.1) is 5.92 Å². The molecule has 0 radical (unpaired) electrons. The number of nitrogens with one attached hydrogen (secondary N) is 2. The van der Waals surface area contributed by atoms with E-state index >= 15 is 0 Å². The van der Waals surface area contributed by atoms with Gasteiger partial charge < -0.3 is 15.5 Å². The van der Waals surface area contributed by atoms with Crippen LogP contribution in [0.5, 0.6) is 0 Å². The van der Waals surface area contributed by atoms with Crippen LogP contribution in [0.15, 0.2) is 47.7 Å². The van der Waals surface area contributed by atoms with Gasteiger partial charge in [0.15, 0.2) is 5.96 Å². The van der Waals surface area contributed by atoms with Crippen molar-refractivity contribution in [2.75, 3.05) is 32.7 Å². The molecule has 1 aliphatic rings. The van der Waals surface area contributed by atoms with E-state index in [0.29, 0.717) is 6.54 Å². The largest absolute Gasteiger partial charge is 0.357 e. The molecule has 2 N–H and O–H groups in total. The molecule has 1 aliphatic heterocycles. The molecule has 1 atom stereocenters. The minimum absolute atomic E-state index is 0.660. The fourth-order valence-electron chi connectivity index (χ4n) is 3.76. The summed E-state index contributed by atoms with van der Waals surface area (Å²) in [6.07, 6.45) is 6.50. The third-order valence-corrected chi connectivity index (χ3v) is 5.22. The maximum atomic E-state index is 4.82. The van der Waals surface area contributed by atoms with Crippen molar-refractivity contribution < 1.29 is 0 Å². The Morgan fingerprint density at radius 3 is 2.82 bits per heavy atom. The lowest BCUT2D eigenvalue weighted by Gasteiger charge is -2.30. The van der Waals surface area contributed by atoms with Gasteiger partial charge in [-0.1, -0.05) is 31.2 Å². The molecule has 1 fully saturated rings. The third-order valence-electron chi connectivity index (χ3n) is 5.22. The first kappa shape index (κ1) is 20.4. The lowest BCUT2D eigenvalue weighted by atomic mass is 10.0. The summed E-state index contributed by atoms with van der Waals surface area (Å²) in [6, 6.07) is 10.4. The third kappa shape index (κ3) is 6.37.